The quantitative estimate of drug-likeness (QED) is 0.841. The number of aromatic hydroxyl groups is 1. The Labute approximate surface area is 159 Å². The smallest absolute Gasteiger partial charge is 0.255 e. The summed E-state index contributed by atoms with van der Waals surface area (Å²) < 4.78 is 0. The van der Waals surface area contributed by atoms with Gasteiger partial charge in [0.15, 0.2) is 0 Å². The first kappa shape index (κ1) is 18.7. The lowest BCUT2D eigenvalue weighted by molar-refractivity contribution is 0.0692. The summed E-state index contributed by atoms with van der Waals surface area (Å²) in [4.78, 5) is 21.4. The van der Waals surface area contributed by atoms with Gasteiger partial charge >= 0.3 is 0 Å². The summed E-state index contributed by atoms with van der Waals surface area (Å²) >= 11 is 6.21. The van der Waals surface area contributed by atoms with Crippen LogP contribution in [-0.2, 0) is 6.54 Å². The summed E-state index contributed by atoms with van der Waals surface area (Å²) in [5.41, 5.74) is 1.45. The zero-order chi connectivity index (χ0) is 18.5. The van der Waals surface area contributed by atoms with Gasteiger partial charge in [-0.25, -0.2) is 0 Å². The van der Waals surface area contributed by atoms with Gasteiger partial charge in [-0.3, -0.25) is 14.7 Å². The highest BCUT2D eigenvalue weighted by Gasteiger charge is 2.28. The van der Waals surface area contributed by atoms with Gasteiger partial charge < -0.3 is 10.0 Å². The minimum atomic E-state index is -0.0894. The average Bonchev–Trinajstić information content (AvgIpc) is 3.10. The Morgan fingerprint density at radius 1 is 1.35 bits per heavy atom. The van der Waals surface area contributed by atoms with Crippen LogP contribution in [0.2, 0.25) is 5.02 Å². The van der Waals surface area contributed by atoms with Crippen molar-refractivity contribution >= 4 is 17.5 Å². The molecule has 138 valence electrons. The van der Waals surface area contributed by atoms with Gasteiger partial charge in [0.25, 0.3) is 5.91 Å². The Morgan fingerprint density at radius 2 is 2.12 bits per heavy atom. The fourth-order valence-corrected chi connectivity index (χ4v) is 3.73. The van der Waals surface area contributed by atoms with E-state index < -0.39 is 0 Å². The van der Waals surface area contributed by atoms with Crippen LogP contribution >= 0.6 is 11.6 Å². The molecule has 3 rings (SSSR count). The van der Waals surface area contributed by atoms with Crippen molar-refractivity contribution in [2.45, 2.75) is 32.4 Å². The van der Waals surface area contributed by atoms with Gasteiger partial charge in [-0.2, -0.15) is 0 Å². The summed E-state index contributed by atoms with van der Waals surface area (Å²) in [6, 6.07) is 9.00. The van der Waals surface area contributed by atoms with E-state index >= 15 is 0 Å². The third-order valence-corrected chi connectivity index (χ3v) is 5.24. The van der Waals surface area contributed by atoms with Gasteiger partial charge in [0.1, 0.15) is 5.75 Å². The van der Waals surface area contributed by atoms with Gasteiger partial charge in [-0.15, -0.1) is 0 Å². The van der Waals surface area contributed by atoms with Crippen LogP contribution in [0.5, 0.6) is 5.75 Å². The van der Waals surface area contributed by atoms with Crippen molar-refractivity contribution < 1.29 is 9.90 Å². The molecule has 1 aromatic carbocycles. The van der Waals surface area contributed by atoms with E-state index in [4.69, 9.17) is 11.6 Å². The highest BCUT2D eigenvalue weighted by Crippen LogP contribution is 2.22. The largest absolute Gasteiger partial charge is 0.508 e. The molecule has 0 radical (unpaired) electrons. The van der Waals surface area contributed by atoms with E-state index in [0.717, 1.165) is 31.5 Å². The number of rotatable bonds is 6. The zero-order valence-electron chi connectivity index (χ0n) is 14.9. The van der Waals surface area contributed by atoms with Crippen LogP contribution in [0.1, 0.15) is 35.7 Å². The maximum absolute atomic E-state index is 13.2. The van der Waals surface area contributed by atoms with Crippen LogP contribution in [0.25, 0.3) is 0 Å². The van der Waals surface area contributed by atoms with Gasteiger partial charge in [-0.05, 0) is 49.7 Å². The number of amides is 1. The van der Waals surface area contributed by atoms with Crippen molar-refractivity contribution in [3.63, 3.8) is 0 Å². The molecule has 1 N–H and O–H groups in total. The maximum Gasteiger partial charge on any atom is 0.255 e. The fraction of sp³-hybridized carbons (Fsp3) is 0.400. The minimum absolute atomic E-state index is 0.0894. The Bertz CT molecular complexity index is 751. The lowest BCUT2D eigenvalue weighted by Crippen LogP contribution is -2.42. The molecule has 1 amide bonds. The topological polar surface area (TPSA) is 56.7 Å². The normalized spacial score (nSPS) is 17.4. The summed E-state index contributed by atoms with van der Waals surface area (Å²) in [6.07, 6.45) is 5.35. The number of likely N-dealkylation sites (tertiary alicyclic amines) is 1. The number of hydrogen-bond acceptors (Lipinski definition) is 4. The molecule has 1 aromatic heterocycles. The van der Waals surface area contributed by atoms with Crippen LogP contribution in [-0.4, -0.2) is 51.5 Å². The summed E-state index contributed by atoms with van der Waals surface area (Å²) in [7, 11) is 0. The third-order valence-electron chi connectivity index (χ3n) is 4.94. The molecular formula is C20H24ClN3O2. The standard InChI is InChI=1S/C20H24ClN3O2/c1-2-23-11-3-4-16(23)14-24(13-15-5-7-17(25)8-6-15)20(26)18-9-10-22-12-19(18)21/h5-10,12,16,25H,2-4,11,13-14H2,1H3. The van der Waals surface area contributed by atoms with Crippen molar-refractivity contribution in [2.24, 2.45) is 0 Å². The van der Waals surface area contributed by atoms with E-state index in [1.54, 1.807) is 24.4 Å². The number of pyridine rings is 1. The molecule has 0 saturated carbocycles. The molecule has 2 heterocycles. The van der Waals surface area contributed by atoms with Crippen LogP contribution in [0.15, 0.2) is 42.7 Å². The highest BCUT2D eigenvalue weighted by molar-refractivity contribution is 6.33. The predicted molar refractivity (Wildman–Crippen MR) is 102 cm³/mol. The van der Waals surface area contributed by atoms with E-state index in [-0.39, 0.29) is 11.7 Å². The molecule has 1 aliphatic heterocycles. The molecule has 2 aromatic rings. The number of carbonyl (C=O) groups excluding carboxylic acids is 1. The second-order valence-electron chi connectivity index (χ2n) is 6.63. The molecule has 1 aliphatic rings. The summed E-state index contributed by atoms with van der Waals surface area (Å²) in [5, 5.41) is 9.87. The molecule has 26 heavy (non-hydrogen) atoms. The van der Waals surface area contributed by atoms with E-state index in [1.165, 1.54) is 6.20 Å². The number of carbonyl (C=O) groups is 1. The third kappa shape index (κ3) is 4.34. The highest BCUT2D eigenvalue weighted by atomic mass is 35.5. The predicted octanol–water partition coefficient (Wildman–Crippen LogP) is 3.57. The second kappa shape index (κ2) is 8.52. The van der Waals surface area contributed by atoms with E-state index in [0.29, 0.717) is 29.7 Å². The number of hydrogen-bond donors (Lipinski definition) is 1. The number of nitrogens with zero attached hydrogens (tertiary/aromatic N) is 3. The van der Waals surface area contributed by atoms with Crippen molar-refractivity contribution in [3.05, 3.63) is 58.9 Å². The number of phenolic OH excluding ortho intramolecular Hbond substituents is 1. The van der Waals surface area contributed by atoms with Gasteiger partial charge in [0, 0.05) is 31.5 Å². The fourth-order valence-electron chi connectivity index (χ4n) is 3.53. The van der Waals surface area contributed by atoms with Crippen LogP contribution < -0.4 is 0 Å². The first-order valence-corrected chi connectivity index (χ1v) is 9.37. The SMILES string of the molecule is CCN1CCCC1CN(Cc1ccc(O)cc1)C(=O)c1ccncc1Cl. The number of aromatic nitrogens is 1. The van der Waals surface area contributed by atoms with Gasteiger partial charge in [0.2, 0.25) is 0 Å². The van der Waals surface area contributed by atoms with E-state index in [1.807, 2.05) is 17.0 Å². The van der Waals surface area contributed by atoms with Crippen molar-refractivity contribution in [3.8, 4) is 5.75 Å². The maximum atomic E-state index is 13.2. The Morgan fingerprint density at radius 3 is 2.81 bits per heavy atom. The molecular weight excluding hydrogens is 350 g/mol. The number of phenols is 1. The van der Waals surface area contributed by atoms with Crippen molar-refractivity contribution in [1.82, 2.24) is 14.8 Å². The molecule has 0 spiro atoms. The van der Waals surface area contributed by atoms with Crippen molar-refractivity contribution in [1.29, 1.82) is 0 Å². The van der Waals surface area contributed by atoms with Crippen LogP contribution in [0.3, 0.4) is 0 Å². The molecule has 1 fully saturated rings. The minimum Gasteiger partial charge on any atom is -0.508 e. The average molecular weight is 374 g/mol. The Hall–Kier alpha value is -2.11. The summed E-state index contributed by atoms with van der Waals surface area (Å²) in [5.74, 6) is 0.130. The lowest BCUT2D eigenvalue weighted by Gasteiger charge is -2.30. The molecule has 1 saturated heterocycles. The number of benzene rings is 1. The summed E-state index contributed by atoms with van der Waals surface area (Å²) in [6.45, 7) is 5.36. The molecule has 0 bridgehead atoms. The molecule has 1 atom stereocenters. The second-order valence-corrected chi connectivity index (χ2v) is 7.04. The lowest BCUT2D eigenvalue weighted by atomic mass is 10.1. The Balaban J connectivity index is 1.84. The van der Waals surface area contributed by atoms with E-state index in [9.17, 15) is 9.90 Å². The monoisotopic (exact) mass is 373 g/mol. The molecule has 1 unspecified atom stereocenters. The zero-order valence-corrected chi connectivity index (χ0v) is 15.7. The molecule has 0 aliphatic carbocycles. The number of halogens is 1. The van der Waals surface area contributed by atoms with E-state index in [2.05, 4.69) is 16.8 Å². The van der Waals surface area contributed by atoms with Gasteiger partial charge in [0.05, 0.1) is 10.6 Å². The first-order valence-electron chi connectivity index (χ1n) is 8.99. The molecule has 6 heteroatoms. The number of likely N-dealkylation sites (N-methyl/N-ethyl adjacent to an activating group) is 1. The molecule has 5 nitrogen and oxygen atoms in total. The van der Waals surface area contributed by atoms with Crippen molar-refractivity contribution in [2.75, 3.05) is 19.6 Å². The Kier molecular flexibility index (Phi) is 6.12. The van der Waals surface area contributed by atoms with Crippen LogP contribution in [0.4, 0.5) is 0 Å². The van der Waals surface area contributed by atoms with Gasteiger partial charge in [-0.1, -0.05) is 30.7 Å². The van der Waals surface area contributed by atoms with Crippen LogP contribution in [0, 0.1) is 0 Å². The first-order chi connectivity index (χ1) is 12.6.